The standard InChI is InChI=1S/C22H22F6N4O6/c1-31(37,21(23,24)25)9-7-29-11-3-4-12(30-8-10-32(2,38)22(26,27)28)16-15(11)19(35)17-13(33)5-6-14(34)18(17)20(16)36/h3-6,37-38H,7-10H2,1-2H3,(H2-2,29,30,33,34,35,36)/p+2. The summed E-state index contributed by atoms with van der Waals surface area (Å²) in [5.74, 6) is -3.32. The number of nitrogens with one attached hydrogen (secondary N) is 2. The van der Waals surface area contributed by atoms with E-state index in [1.165, 1.54) is 12.1 Å². The molecule has 6 N–H and O–H groups in total. The van der Waals surface area contributed by atoms with Crippen molar-refractivity contribution in [3.63, 3.8) is 0 Å². The van der Waals surface area contributed by atoms with Crippen LogP contribution in [0.2, 0.25) is 0 Å². The molecule has 1 aliphatic carbocycles. The number of quaternary nitrogens is 2. The van der Waals surface area contributed by atoms with E-state index in [2.05, 4.69) is 10.6 Å². The van der Waals surface area contributed by atoms with Crippen molar-refractivity contribution in [1.82, 2.24) is 0 Å². The Morgan fingerprint density at radius 3 is 1.26 bits per heavy atom. The van der Waals surface area contributed by atoms with Crippen LogP contribution < -0.4 is 10.6 Å². The fraction of sp³-hybridized carbons (Fsp3) is 0.364. The van der Waals surface area contributed by atoms with Crippen LogP contribution in [-0.2, 0) is 0 Å². The molecule has 0 saturated heterocycles. The van der Waals surface area contributed by atoms with Crippen molar-refractivity contribution in [2.24, 2.45) is 0 Å². The van der Waals surface area contributed by atoms with Crippen molar-refractivity contribution in [2.45, 2.75) is 12.6 Å². The average molecular weight is 554 g/mol. The molecule has 0 aromatic heterocycles. The number of rotatable bonds is 8. The highest BCUT2D eigenvalue weighted by atomic mass is 19.4. The first-order valence-corrected chi connectivity index (χ1v) is 10.9. The van der Waals surface area contributed by atoms with Gasteiger partial charge in [-0.05, 0) is 24.3 Å². The van der Waals surface area contributed by atoms with Crippen LogP contribution >= 0.6 is 0 Å². The monoisotopic (exact) mass is 554 g/mol. The number of phenols is 2. The minimum atomic E-state index is -5.01. The Labute approximate surface area is 211 Å². The fourth-order valence-corrected chi connectivity index (χ4v) is 3.73. The minimum Gasteiger partial charge on any atom is -0.507 e. The number of ketones is 2. The van der Waals surface area contributed by atoms with Gasteiger partial charge in [-0.25, -0.2) is 10.4 Å². The van der Waals surface area contributed by atoms with E-state index in [0.29, 0.717) is 14.1 Å². The van der Waals surface area contributed by atoms with E-state index in [0.717, 1.165) is 12.1 Å². The molecule has 0 amide bonds. The van der Waals surface area contributed by atoms with Gasteiger partial charge in [0.25, 0.3) is 0 Å². The number of fused-ring (bicyclic) bond motifs is 2. The summed E-state index contributed by atoms with van der Waals surface area (Å²) >= 11 is 0. The quantitative estimate of drug-likeness (QED) is 0.0819. The summed E-state index contributed by atoms with van der Waals surface area (Å²) in [6.07, 6.45) is -10.0. The number of likely N-dealkylation sites (N-methyl/N-ethyl adjacent to an activating group) is 2. The van der Waals surface area contributed by atoms with E-state index in [4.69, 9.17) is 0 Å². The van der Waals surface area contributed by atoms with Crippen LogP contribution in [0.4, 0.5) is 37.7 Å². The summed E-state index contributed by atoms with van der Waals surface area (Å²) in [6, 6.07) is 4.25. The summed E-state index contributed by atoms with van der Waals surface area (Å²) in [5, 5.41) is 44.7. The number of aromatic hydroxyl groups is 2. The largest absolute Gasteiger partial charge is 0.592 e. The van der Waals surface area contributed by atoms with Gasteiger partial charge in [-0.15, -0.1) is 26.3 Å². The Morgan fingerprint density at radius 2 is 0.974 bits per heavy atom. The third kappa shape index (κ3) is 5.20. The molecular formula is C22H24F6N4O6+2. The molecule has 208 valence electrons. The van der Waals surface area contributed by atoms with Crippen molar-refractivity contribution in [3.05, 3.63) is 46.5 Å². The van der Waals surface area contributed by atoms with E-state index >= 15 is 0 Å². The molecule has 16 heteroatoms. The molecular weight excluding hydrogens is 530 g/mol. The number of hydroxylamine groups is 6. The second kappa shape index (κ2) is 9.61. The molecule has 0 heterocycles. The van der Waals surface area contributed by atoms with Gasteiger partial charge in [-0.2, -0.15) is 0 Å². The summed E-state index contributed by atoms with van der Waals surface area (Å²) in [6.45, 7) is -2.91. The number of alkyl halides is 6. The molecule has 0 spiro atoms. The molecule has 0 fully saturated rings. The lowest BCUT2D eigenvalue weighted by atomic mass is 9.81. The predicted octanol–water partition coefficient (Wildman–Crippen LogP) is 3.41. The maximum atomic E-state index is 13.4. The highest BCUT2D eigenvalue weighted by molar-refractivity contribution is 6.33. The van der Waals surface area contributed by atoms with Crippen LogP contribution in [-0.4, -0.2) is 94.4 Å². The Kier molecular flexibility index (Phi) is 7.33. The van der Waals surface area contributed by atoms with Crippen LogP contribution in [0.1, 0.15) is 31.8 Å². The third-order valence-electron chi connectivity index (χ3n) is 6.09. The fourth-order valence-electron chi connectivity index (χ4n) is 3.73. The number of anilines is 2. The number of hydrogen-bond donors (Lipinski definition) is 6. The second-order valence-electron chi connectivity index (χ2n) is 8.94. The van der Waals surface area contributed by atoms with Crippen molar-refractivity contribution >= 4 is 22.9 Å². The molecule has 38 heavy (non-hydrogen) atoms. The number of phenolic OH excluding ortho intramolecular Hbond substituents is 2. The topological polar surface area (TPSA) is 139 Å². The summed E-state index contributed by atoms with van der Waals surface area (Å²) in [7, 11) is 0.981. The number of halogens is 6. The molecule has 0 saturated carbocycles. The predicted molar refractivity (Wildman–Crippen MR) is 118 cm³/mol. The molecule has 2 unspecified atom stereocenters. The SMILES string of the molecule is C[N+](O)(CCNc1ccc(NCC[N+](C)(O)C(F)(F)F)c2c1C(=O)c1c(O)ccc(O)c1C2=O)C(F)(F)F. The summed E-state index contributed by atoms with van der Waals surface area (Å²) in [5.41, 5.74) is -2.33. The lowest BCUT2D eigenvalue weighted by Gasteiger charge is -2.28. The molecule has 0 radical (unpaired) electrons. The van der Waals surface area contributed by atoms with Gasteiger partial charge in [-0.1, -0.05) is 9.29 Å². The molecule has 0 aliphatic heterocycles. The van der Waals surface area contributed by atoms with Gasteiger partial charge in [-0.3, -0.25) is 9.59 Å². The zero-order valence-corrected chi connectivity index (χ0v) is 19.9. The van der Waals surface area contributed by atoms with Gasteiger partial charge >= 0.3 is 12.6 Å². The van der Waals surface area contributed by atoms with E-state index in [9.17, 15) is 56.6 Å². The summed E-state index contributed by atoms with van der Waals surface area (Å²) in [4.78, 5) is 26.7. The van der Waals surface area contributed by atoms with Crippen LogP contribution in [0.3, 0.4) is 0 Å². The van der Waals surface area contributed by atoms with Crippen LogP contribution in [0.5, 0.6) is 11.5 Å². The van der Waals surface area contributed by atoms with Crippen molar-refractivity contribution in [2.75, 3.05) is 50.9 Å². The molecule has 3 rings (SSSR count). The first kappa shape index (κ1) is 29.0. The summed E-state index contributed by atoms with van der Waals surface area (Å²) < 4.78 is 73.1. The average Bonchev–Trinajstić information content (AvgIpc) is 2.77. The Bertz CT molecular complexity index is 1180. The number of carbonyl (C=O) groups excluding carboxylic acids is 2. The number of benzene rings is 2. The zero-order valence-electron chi connectivity index (χ0n) is 19.9. The van der Waals surface area contributed by atoms with E-state index < -0.39 is 93.4 Å². The maximum Gasteiger partial charge on any atom is 0.592 e. The van der Waals surface area contributed by atoms with Gasteiger partial charge in [0.2, 0.25) is 11.6 Å². The van der Waals surface area contributed by atoms with Crippen LogP contribution in [0.25, 0.3) is 0 Å². The van der Waals surface area contributed by atoms with Crippen molar-refractivity contribution < 1.29 is 65.9 Å². The Morgan fingerprint density at radius 1 is 0.658 bits per heavy atom. The van der Waals surface area contributed by atoms with E-state index in [1.54, 1.807) is 0 Å². The Balaban J connectivity index is 2.02. The Hall–Kier alpha value is -3.60. The van der Waals surface area contributed by atoms with Crippen LogP contribution in [0, 0.1) is 0 Å². The molecule has 0 bridgehead atoms. The first-order chi connectivity index (χ1) is 17.3. The first-order valence-electron chi connectivity index (χ1n) is 10.9. The molecule has 2 aromatic rings. The van der Waals surface area contributed by atoms with Gasteiger partial charge in [0.05, 0.1) is 35.3 Å². The number of carbonyl (C=O) groups is 2. The molecule has 1 aliphatic rings. The number of hydrogen-bond acceptors (Lipinski definition) is 8. The molecule has 2 aromatic carbocycles. The van der Waals surface area contributed by atoms with Crippen molar-refractivity contribution in [1.29, 1.82) is 0 Å². The highest BCUT2D eigenvalue weighted by Crippen LogP contribution is 2.42. The van der Waals surface area contributed by atoms with Gasteiger partial charge < -0.3 is 20.8 Å². The smallest absolute Gasteiger partial charge is 0.507 e. The van der Waals surface area contributed by atoms with Gasteiger partial charge in [0, 0.05) is 11.4 Å². The second-order valence-corrected chi connectivity index (χ2v) is 8.94. The van der Waals surface area contributed by atoms with Crippen LogP contribution in [0.15, 0.2) is 24.3 Å². The lowest BCUT2D eigenvalue weighted by Crippen LogP contribution is -2.54. The molecule has 2 atom stereocenters. The normalized spacial score (nSPS) is 16.8. The number of nitrogens with zero attached hydrogens (tertiary/aromatic N) is 2. The van der Waals surface area contributed by atoms with E-state index in [1.807, 2.05) is 0 Å². The maximum absolute atomic E-state index is 13.4. The van der Waals surface area contributed by atoms with E-state index in [-0.39, 0.29) is 11.4 Å². The lowest BCUT2D eigenvalue weighted by molar-refractivity contribution is -1.16. The van der Waals surface area contributed by atoms with Gasteiger partial charge in [0.1, 0.15) is 38.7 Å². The molecule has 10 nitrogen and oxygen atoms in total. The zero-order chi connectivity index (χ0) is 28.8. The van der Waals surface area contributed by atoms with Gasteiger partial charge in [0.15, 0.2) is 0 Å². The third-order valence-corrected chi connectivity index (χ3v) is 6.09. The minimum absolute atomic E-state index is 0.169. The van der Waals surface area contributed by atoms with Crippen molar-refractivity contribution in [3.8, 4) is 11.5 Å². The highest BCUT2D eigenvalue weighted by Gasteiger charge is 2.53.